The molecule has 0 bridgehead atoms. The Morgan fingerprint density at radius 2 is 1.71 bits per heavy atom. The molecule has 0 aromatic rings. The van der Waals surface area contributed by atoms with E-state index in [1.807, 2.05) is 26.8 Å². The van der Waals surface area contributed by atoms with Crippen molar-refractivity contribution in [2.24, 2.45) is 52.3 Å². The second-order valence-corrected chi connectivity index (χ2v) is 13.8. The number of hydrogen-bond donors (Lipinski definition) is 1. The van der Waals surface area contributed by atoms with E-state index in [0.29, 0.717) is 34.8 Å². The van der Waals surface area contributed by atoms with Gasteiger partial charge in [-0.2, -0.15) is 0 Å². The summed E-state index contributed by atoms with van der Waals surface area (Å²) < 4.78 is 39.3. The monoisotopic (exact) mass is 516 g/mol. The molecule has 0 aromatic carbocycles. The topological polar surface area (TPSA) is 86.7 Å². The van der Waals surface area contributed by atoms with Crippen molar-refractivity contribution in [2.75, 3.05) is 0 Å². The molecule has 0 aliphatic heterocycles. The third kappa shape index (κ3) is 5.63. The van der Waals surface area contributed by atoms with Crippen molar-refractivity contribution in [1.29, 1.82) is 0 Å². The Morgan fingerprint density at radius 1 is 1.09 bits per heavy atom. The Bertz CT molecular complexity index is 943. The van der Waals surface area contributed by atoms with Crippen molar-refractivity contribution in [3.8, 4) is 0 Å². The summed E-state index contributed by atoms with van der Waals surface area (Å²) in [5.41, 5.74) is 2.17. The molecule has 0 amide bonds. The number of rotatable bonds is 6. The Labute approximate surface area is 235 Å². The molecule has 4 aliphatic rings. The van der Waals surface area contributed by atoms with Crippen LogP contribution in [0.3, 0.4) is 0 Å². The summed E-state index contributed by atoms with van der Waals surface area (Å²) in [5.74, 6) is 2.74. The van der Waals surface area contributed by atoms with Crippen molar-refractivity contribution in [1.82, 2.24) is 0 Å². The van der Waals surface area contributed by atoms with Gasteiger partial charge in [0.15, 0.2) is 0 Å². The summed E-state index contributed by atoms with van der Waals surface area (Å²) >= 11 is 0. The van der Waals surface area contributed by atoms with E-state index in [0.717, 1.165) is 32.1 Å². The van der Waals surface area contributed by atoms with E-state index >= 15 is 0 Å². The predicted molar refractivity (Wildman–Crippen MR) is 133 cm³/mol. The number of fused-ring (bicyclic) bond motifs is 5. The molecule has 0 saturated heterocycles. The molecule has 3 fully saturated rings. The van der Waals surface area contributed by atoms with E-state index in [1.165, 1.54) is 19.3 Å². The number of allylic oxidation sites excluding steroid dienone is 4. The fraction of sp³-hybridized carbons (Fsp3) is 0.857. The fourth-order valence-corrected chi connectivity index (χ4v) is 8.91. The second-order valence-electron chi connectivity index (χ2n) is 12.9. The van der Waals surface area contributed by atoms with Gasteiger partial charge in [-0.05, 0) is 104 Å². The van der Waals surface area contributed by atoms with Crippen LogP contribution in [0.25, 0.3) is 0 Å². The fourth-order valence-electron chi connectivity index (χ4n) is 8.47. The summed E-state index contributed by atoms with van der Waals surface area (Å²) in [4.78, 5) is 0. The van der Waals surface area contributed by atoms with Gasteiger partial charge in [0.25, 0.3) is 10.4 Å². The zero-order valence-corrected chi connectivity index (χ0v) is 25.7. The molecule has 0 spiro atoms. The third-order valence-electron chi connectivity index (χ3n) is 10.8. The molecular formula is C28H45NaO5S. The average molecular weight is 517 g/mol. The van der Waals surface area contributed by atoms with Crippen LogP contribution in [0.15, 0.2) is 23.5 Å². The molecule has 35 heavy (non-hydrogen) atoms. The molecule has 4 rings (SSSR count). The molecule has 9 atom stereocenters. The zero-order chi connectivity index (χ0) is 25.1. The minimum atomic E-state index is -4.79. The van der Waals surface area contributed by atoms with E-state index in [4.69, 9.17) is 4.18 Å². The van der Waals surface area contributed by atoms with E-state index < -0.39 is 10.4 Å². The standard InChI is InChI=1S/C28H46O5S.Na/c1-17(2)19(4)26(33-34(30,31)32)15-18(3)23-9-10-24-22-8-7-20-16-21(29)11-13-27(20,5)25(22)12-14-28(23,24)6;/h8,15,17-21,23-25,29H,7,9-14,16H2,1-6H3,(H,30,31,32);/q;+1/p-1/b26-15-;/t18-,19-,20+,21+,23-,24+,25?,27+,28-;/m1./s1. The van der Waals surface area contributed by atoms with Crippen molar-refractivity contribution in [3.63, 3.8) is 0 Å². The Kier molecular flexibility index (Phi) is 9.10. The number of aliphatic hydroxyl groups excluding tert-OH is 1. The normalized spacial score (nSPS) is 41.1. The van der Waals surface area contributed by atoms with Crippen LogP contribution < -0.4 is 29.6 Å². The van der Waals surface area contributed by atoms with Crippen LogP contribution in [0.2, 0.25) is 0 Å². The Hall–Kier alpha value is 0.150. The van der Waals surface area contributed by atoms with Gasteiger partial charge in [0.05, 0.1) is 6.10 Å². The maximum Gasteiger partial charge on any atom is 1.00 e. The van der Waals surface area contributed by atoms with Crippen molar-refractivity contribution >= 4 is 10.4 Å². The first-order chi connectivity index (χ1) is 15.8. The molecule has 1 unspecified atom stereocenters. The van der Waals surface area contributed by atoms with Crippen LogP contribution in [0.1, 0.15) is 92.9 Å². The van der Waals surface area contributed by atoms with E-state index in [2.05, 4.69) is 26.8 Å². The maximum atomic E-state index is 11.4. The van der Waals surface area contributed by atoms with Gasteiger partial charge in [-0.3, -0.25) is 0 Å². The van der Waals surface area contributed by atoms with Gasteiger partial charge in [-0.25, -0.2) is 8.42 Å². The quantitative estimate of drug-likeness (QED) is 0.193. The SMILES string of the molecule is CC(C)[C@@H](C)/C(=C/[C@@H](C)[C@H]1CC[C@H]2C3=CC[C@H]4C[C@@H](O)CC[C@]4(C)C3CC[C@]12C)OS(=O)(=O)[O-].[Na+]. The van der Waals surface area contributed by atoms with Gasteiger partial charge in [0, 0.05) is 5.92 Å². The zero-order valence-electron chi connectivity index (χ0n) is 22.9. The molecule has 7 heteroatoms. The largest absolute Gasteiger partial charge is 1.00 e. The molecule has 0 heterocycles. The second kappa shape index (κ2) is 10.7. The van der Waals surface area contributed by atoms with Crippen LogP contribution in [0.4, 0.5) is 0 Å². The van der Waals surface area contributed by atoms with Crippen LogP contribution >= 0.6 is 0 Å². The van der Waals surface area contributed by atoms with Crippen LogP contribution in [0, 0.1) is 52.3 Å². The first-order valence-electron chi connectivity index (χ1n) is 13.5. The van der Waals surface area contributed by atoms with E-state index in [1.54, 1.807) is 5.57 Å². The Morgan fingerprint density at radius 3 is 2.34 bits per heavy atom. The molecular weight excluding hydrogens is 471 g/mol. The van der Waals surface area contributed by atoms with Crippen molar-refractivity contribution in [2.45, 2.75) is 99.0 Å². The summed E-state index contributed by atoms with van der Waals surface area (Å²) in [6.07, 6.45) is 13.1. The minimum absolute atomic E-state index is 0. The van der Waals surface area contributed by atoms with Crippen LogP contribution in [0.5, 0.6) is 0 Å². The molecule has 194 valence electrons. The first kappa shape index (κ1) is 29.7. The van der Waals surface area contributed by atoms with E-state index in [-0.39, 0.29) is 58.8 Å². The van der Waals surface area contributed by atoms with Crippen molar-refractivity contribution in [3.05, 3.63) is 23.5 Å². The molecule has 0 aromatic heterocycles. The summed E-state index contributed by atoms with van der Waals surface area (Å²) in [6, 6.07) is 0. The molecule has 5 nitrogen and oxygen atoms in total. The molecule has 0 radical (unpaired) electrons. The molecule has 3 saturated carbocycles. The van der Waals surface area contributed by atoms with Crippen LogP contribution in [-0.4, -0.2) is 24.2 Å². The van der Waals surface area contributed by atoms with Crippen LogP contribution in [-0.2, 0) is 14.6 Å². The maximum absolute atomic E-state index is 11.4. The Balaban J connectivity index is 0.00000342. The summed E-state index contributed by atoms with van der Waals surface area (Å²) in [7, 11) is -4.79. The predicted octanol–water partition coefficient (Wildman–Crippen LogP) is 3.22. The number of hydrogen-bond acceptors (Lipinski definition) is 5. The first-order valence-corrected chi connectivity index (χ1v) is 14.8. The average Bonchev–Trinajstić information content (AvgIpc) is 3.09. The molecule has 4 aliphatic carbocycles. The van der Waals surface area contributed by atoms with Gasteiger partial charge in [-0.1, -0.05) is 53.2 Å². The van der Waals surface area contributed by atoms with Gasteiger partial charge >= 0.3 is 29.6 Å². The van der Waals surface area contributed by atoms with Gasteiger partial charge in [-0.15, -0.1) is 0 Å². The summed E-state index contributed by atoms with van der Waals surface area (Å²) in [6.45, 7) is 13.1. The summed E-state index contributed by atoms with van der Waals surface area (Å²) in [5, 5.41) is 10.3. The minimum Gasteiger partial charge on any atom is -0.716 e. The van der Waals surface area contributed by atoms with Gasteiger partial charge in [0.2, 0.25) is 0 Å². The smallest absolute Gasteiger partial charge is 0.716 e. The van der Waals surface area contributed by atoms with Gasteiger partial charge < -0.3 is 13.8 Å². The third-order valence-corrected chi connectivity index (χ3v) is 11.2. The van der Waals surface area contributed by atoms with E-state index in [9.17, 15) is 18.1 Å². The van der Waals surface area contributed by atoms with Gasteiger partial charge in [0.1, 0.15) is 5.76 Å². The number of aliphatic hydroxyl groups is 1. The van der Waals surface area contributed by atoms with Crippen molar-refractivity contribution < 1.29 is 51.8 Å². The molecule has 1 N–H and O–H groups in total.